The van der Waals surface area contributed by atoms with Crippen molar-refractivity contribution in [1.82, 2.24) is 5.32 Å². The van der Waals surface area contributed by atoms with Crippen LogP contribution in [0.1, 0.15) is 23.2 Å². The Hall–Kier alpha value is -0.860. The summed E-state index contributed by atoms with van der Waals surface area (Å²) in [5.41, 5.74) is 0.0194. The van der Waals surface area contributed by atoms with Crippen LogP contribution in [0.25, 0.3) is 0 Å². The topological polar surface area (TPSA) is 98.5 Å². The fourth-order valence-corrected chi connectivity index (χ4v) is 3.46. The molecular formula is C12H14Cl2N2O4S. The van der Waals surface area contributed by atoms with Gasteiger partial charge in [-0.2, -0.15) is 0 Å². The van der Waals surface area contributed by atoms with E-state index in [-0.39, 0.29) is 32.7 Å². The highest BCUT2D eigenvalue weighted by molar-refractivity contribution is 7.89. The number of nitrogens with two attached hydrogens (primary N) is 1. The lowest BCUT2D eigenvalue weighted by atomic mass is 9.89. The number of carbonyl (C=O) groups excluding carboxylic acids is 1. The zero-order chi connectivity index (χ0) is 15.8. The van der Waals surface area contributed by atoms with Crippen molar-refractivity contribution in [3.8, 4) is 0 Å². The van der Waals surface area contributed by atoms with Gasteiger partial charge in [0.1, 0.15) is 4.90 Å². The van der Waals surface area contributed by atoms with E-state index in [0.29, 0.717) is 12.8 Å². The number of carbonyl (C=O) groups is 1. The zero-order valence-corrected chi connectivity index (χ0v) is 13.4. The van der Waals surface area contributed by atoms with Crippen molar-refractivity contribution in [2.24, 2.45) is 5.14 Å². The van der Waals surface area contributed by atoms with Gasteiger partial charge >= 0.3 is 0 Å². The third-order valence-electron chi connectivity index (χ3n) is 3.34. The Bertz CT molecular complexity index is 672. The van der Waals surface area contributed by atoms with Crippen LogP contribution in [0.2, 0.25) is 10.0 Å². The summed E-state index contributed by atoms with van der Waals surface area (Å²) in [7, 11) is -2.42. The highest BCUT2D eigenvalue weighted by Crippen LogP contribution is 2.29. The molecule has 0 bridgehead atoms. The largest absolute Gasteiger partial charge is 0.381 e. The predicted molar refractivity (Wildman–Crippen MR) is 79.1 cm³/mol. The van der Waals surface area contributed by atoms with E-state index in [1.54, 1.807) is 7.11 Å². The smallest absolute Gasteiger partial charge is 0.253 e. The lowest BCUT2D eigenvalue weighted by Crippen LogP contribution is -2.47. The summed E-state index contributed by atoms with van der Waals surface area (Å²) in [4.78, 5) is 11.8. The summed E-state index contributed by atoms with van der Waals surface area (Å²) in [6.45, 7) is 0. The predicted octanol–water partition coefficient (Wildman–Crippen LogP) is 1.55. The van der Waals surface area contributed by atoms with Crippen molar-refractivity contribution in [3.63, 3.8) is 0 Å². The van der Waals surface area contributed by atoms with Crippen LogP contribution in [0.3, 0.4) is 0 Å². The van der Waals surface area contributed by atoms with Crippen molar-refractivity contribution in [2.45, 2.75) is 29.9 Å². The number of hydrogen-bond acceptors (Lipinski definition) is 4. The molecule has 1 saturated carbocycles. The van der Waals surface area contributed by atoms with Gasteiger partial charge in [-0.1, -0.05) is 23.2 Å². The van der Waals surface area contributed by atoms with Crippen LogP contribution in [0.4, 0.5) is 0 Å². The molecule has 3 N–H and O–H groups in total. The maximum Gasteiger partial charge on any atom is 0.253 e. The lowest BCUT2D eigenvalue weighted by molar-refractivity contribution is 0.0176. The average Bonchev–Trinajstić information content (AvgIpc) is 2.31. The molecule has 0 spiro atoms. The molecule has 1 fully saturated rings. The van der Waals surface area contributed by atoms with Gasteiger partial charge in [-0.15, -0.1) is 0 Å². The minimum atomic E-state index is -4.03. The number of sulfonamides is 1. The highest BCUT2D eigenvalue weighted by atomic mass is 35.5. The molecule has 1 aliphatic carbocycles. The molecule has 1 aromatic carbocycles. The van der Waals surface area contributed by atoms with Crippen molar-refractivity contribution < 1.29 is 17.9 Å². The number of rotatable bonds is 4. The van der Waals surface area contributed by atoms with Gasteiger partial charge in [0.15, 0.2) is 0 Å². The molecule has 0 heterocycles. The van der Waals surface area contributed by atoms with E-state index in [4.69, 9.17) is 33.1 Å². The lowest BCUT2D eigenvalue weighted by Gasteiger charge is -2.34. The fourth-order valence-electron chi connectivity index (χ4n) is 2.06. The van der Waals surface area contributed by atoms with E-state index in [2.05, 4.69) is 5.32 Å². The monoisotopic (exact) mass is 352 g/mol. The van der Waals surface area contributed by atoms with E-state index in [1.165, 1.54) is 6.07 Å². The molecule has 0 atom stereocenters. The third-order valence-corrected chi connectivity index (χ3v) is 5.02. The molecule has 1 aliphatic rings. The summed E-state index contributed by atoms with van der Waals surface area (Å²) in [5.74, 6) is -0.471. The molecule has 2 rings (SSSR count). The van der Waals surface area contributed by atoms with Crippen LogP contribution in [0.15, 0.2) is 17.0 Å². The number of nitrogens with one attached hydrogen (secondary N) is 1. The third kappa shape index (κ3) is 3.67. The number of hydrogen-bond donors (Lipinski definition) is 2. The summed E-state index contributed by atoms with van der Waals surface area (Å²) >= 11 is 11.7. The van der Waals surface area contributed by atoms with Crippen LogP contribution in [-0.2, 0) is 14.8 Å². The molecular weight excluding hydrogens is 339 g/mol. The Morgan fingerprint density at radius 3 is 2.48 bits per heavy atom. The van der Waals surface area contributed by atoms with E-state index in [9.17, 15) is 13.2 Å². The molecule has 6 nitrogen and oxygen atoms in total. The summed E-state index contributed by atoms with van der Waals surface area (Å²) in [6.07, 6.45) is 1.54. The van der Waals surface area contributed by atoms with Gasteiger partial charge in [0.05, 0.1) is 21.7 Å². The van der Waals surface area contributed by atoms with Crippen LogP contribution < -0.4 is 10.5 Å². The van der Waals surface area contributed by atoms with Crippen molar-refractivity contribution in [1.29, 1.82) is 0 Å². The molecule has 0 unspecified atom stereocenters. The number of ether oxygens (including phenoxy) is 1. The van der Waals surface area contributed by atoms with Gasteiger partial charge in [-0.05, 0) is 25.0 Å². The molecule has 0 aromatic heterocycles. The van der Waals surface area contributed by atoms with Crippen LogP contribution >= 0.6 is 23.2 Å². The quantitative estimate of drug-likeness (QED) is 0.858. The van der Waals surface area contributed by atoms with Gasteiger partial charge in [0.25, 0.3) is 5.91 Å². The molecule has 0 radical (unpaired) electrons. The summed E-state index contributed by atoms with van der Waals surface area (Å²) in [5, 5.41) is 7.74. The summed E-state index contributed by atoms with van der Waals surface area (Å²) < 4.78 is 27.9. The number of primary sulfonamides is 1. The Morgan fingerprint density at radius 2 is 1.95 bits per heavy atom. The summed E-state index contributed by atoms with van der Waals surface area (Å²) in [6, 6.07) is 2.25. The molecule has 1 aromatic rings. The highest BCUT2D eigenvalue weighted by Gasteiger charge is 2.31. The molecule has 0 saturated heterocycles. The standard InChI is InChI=1S/C12H14Cl2N2O4S/c1-20-7-2-6(3-7)16-12(17)8-4-11(21(15,18)19)10(14)5-9(8)13/h4-7H,2-3H2,1H3,(H,16,17)(H2,15,18,19). The van der Waals surface area contributed by atoms with Gasteiger partial charge in [0, 0.05) is 13.2 Å². The van der Waals surface area contributed by atoms with Crippen LogP contribution in [0.5, 0.6) is 0 Å². The van der Waals surface area contributed by atoms with Crippen molar-refractivity contribution in [3.05, 3.63) is 27.7 Å². The minimum Gasteiger partial charge on any atom is -0.381 e. The maximum absolute atomic E-state index is 12.1. The normalized spacial score (nSPS) is 21.7. The van der Waals surface area contributed by atoms with Crippen LogP contribution in [0, 0.1) is 0 Å². The molecule has 21 heavy (non-hydrogen) atoms. The van der Waals surface area contributed by atoms with Crippen molar-refractivity contribution in [2.75, 3.05) is 7.11 Å². The molecule has 116 valence electrons. The second-order valence-corrected chi connectivity index (χ2v) is 7.15. The Kier molecular flexibility index (Phi) is 4.79. The number of benzene rings is 1. The zero-order valence-electron chi connectivity index (χ0n) is 11.1. The first-order chi connectivity index (χ1) is 9.72. The SMILES string of the molecule is COC1CC(NC(=O)c2cc(S(N)(=O)=O)c(Cl)cc2Cl)C1. The van der Waals surface area contributed by atoms with E-state index < -0.39 is 15.9 Å². The first kappa shape index (κ1) is 16.5. The van der Waals surface area contributed by atoms with E-state index in [1.807, 2.05) is 0 Å². The van der Waals surface area contributed by atoms with Gasteiger partial charge < -0.3 is 10.1 Å². The van der Waals surface area contributed by atoms with Crippen LogP contribution in [-0.4, -0.2) is 33.6 Å². The first-order valence-electron chi connectivity index (χ1n) is 6.08. The van der Waals surface area contributed by atoms with Gasteiger partial charge in [0.2, 0.25) is 10.0 Å². The first-order valence-corrected chi connectivity index (χ1v) is 8.38. The Labute approximate surface area is 132 Å². The number of methoxy groups -OCH3 is 1. The number of halogens is 2. The second kappa shape index (κ2) is 6.10. The van der Waals surface area contributed by atoms with Crippen molar-refractivity contribution >= 4 is 39.1 Å². The molecule has 0 aliphatic heterocycles. The molecule has 1 amide bonds. The Morgan fingerprint density at radius 1 is 1.33 bits per heavy atom. The van der Waals surface area contributed by atoms with Gasteiger partial charge in [-0.3, -0.25) is 4.79 Å². The number of amides is 1. The fraction of sp³-hybridized carbons (Fsp3) is 0.417. The van der Waals surface area contributed by atoms with E-state index >= 15 is 0 Å². The maximum atomic E-state index is 12.1. The van der Waals surface area contributed by atoms with E-state index in [0.717, 1.165) is 6.07 Å². The Balaban J connectivity index is 2.21. The molecule has 9 heteroatoms. The average molecular weight is 353 g/mol. The van der Waals surface area contributed by atoms with Gasteiger partial charge in [-0.25, -0.2) is 13.6 Å². The second-order valence-electron chi connectivity index (χ2n) is 4.81. The minimum absolute atomic E-state index is 0.0194.